The van der Waals surface area contributed by atoms with Crippen LogP contribution >= 0.6 is 0 Å². The number of carbonyl (C=O) groups excluding carboxylic acids is 1. The van der Waals surface area contributed by atoms with Crippen LogP contribution in [0.5, 0.6) is 0 Å². The van der Waals surface area contributed by atoms with E-state index in [2.05, 4.69) is 15.5 Å². The number of benzene rings is 1. The molecule has 0 bridgehead atoms. The topological polar surface area (TPSA) is 64.7 Å². The molecule has 26 heavy (non-hydrogen) atoms. The van der Waals surface area contributed by atoms with Gasteiger partial charge in [0, 0.05) is 26.0 Å². The average Bonchev–Trinajstić information content (AvgIpc) is 3.22. The molecule has 2 aromatic heterocycles. The summed E-state index contributed by atoms with van der Waals surface area (Å²) in [5.41, 5.74) is 0.0822. The van der Waals surface area contributed by atoms with Crippen molar-refractivity contribution < 1.29 is 18.0 Å². The molecule has 0 radical (unpaired) electrons. The number of nitrogens with one attached hydrogen (secondary N) is 1. The van der Waals surface area contributed by atoms with Gasteiger partial charge < -0.3 is 5.32 Å². The first-order valence-corrected chi connectivity index (χ1v) is 7.82. The number of para-hydroxylation sites is 1. The third kappa shape index (κ3) is 3.93. The molecule has 0 saturated heterocycles. The molecule has 0 saturated carbocycles. The number of halogens is 3. The van der Waals surface area contributed by atoms with Gasteiger partial charge >= 0.3 is 6.18 Å². The van der Waals surface area contributed by atoms with Crippen molar-refractivity contribution in [2.75, 3.05) is 6.54 Å². The van der Waals surface area contributed by atoms with E-state index in [0.717, 1.165) is 22.1 Å². The Kier molecular flexibility index (Phi) is 4.79. The van der Waals surface area contributed by atoms with Gasteiger partial charge in [0.25, 0.3) is 5.91 Å². The Morgan fingerprint density at radius 1 is 1.19 bits per heavy atom. The van der Waals surface area contributed by atoms with Crippen molar-refractivity contribution in [1.82, 2.24) is 24.9 Å². The predicted molar refractivity (Wildman–Crippen MR) is 87.8 cm³/mol. The second-order valence-electron chi connectivity index (χ2n) is 5.70. The average molecular weight is 363 g/mol. The second-order valence-corrected chi connectivity index (χ2v) is 5.70. The zero-order valence-electron chi connectivity index (χ0n) is 13.9. The van der Waals surface area contributed by atoms with Gasteiger partial charge in [-0.05, 0) is 24.1 Å². The number of hydrogen-bond donors (Lipinski definition) is 1. The number of aromatic nitrogens is 4. The fourth-order valence-electron chi connectivity index (χ4n) is 2.49. The fraction of sp³-hybridized carbons (Fsp3) is 0.235. The van der Waals surface area contributed by atoms with Gasteiger partial charge in [-0.3, -0.25) is 9.48 Å². The predicted octanol–water partition coefficient (Wildman–Crippen LogP) is 2.60. The van der Waals surface area contributed by atoms with Crippen LogP contribution in [0.3, 0.4) is 0 Å². The molecule has 3 aromatic rings. The Morgan fingerprint density at radius 3 is 2.62 bits per heavy atom. The molecule has 9 heteroatoms. The third-order valence-electron chi connectivity index (χ3n) is 3.70. The Bertz CT molecular complexity index is 899. The molecule has 0 fully saturated rings. The Labute approximate surface area is 147 Å². The van der Waals surface area contributed by atoms with E-state index >= 15 is 0 Å². The molecule has 0 aliphatic carbocycles. The van der Waals surface area contributed by atoms with E-state index < -0.39 is 23.3 Å². The number of hydrogen-bond acceptors (Lipinski definition) is 3. The van der Waals surface area contributed by atoms with E-state index in [1.165, 1.54) is 7.05 Å². The number of amides is 1. The number of nitrogens with zero attached hydrogens (tertiary/aromatic N) is 4. The van der Waals surface area contributed by atoms with Crippen molar-refractivity contribution in [1.29, 1.82) is 0 Å². The van der Waals surface area contributed by atoms with Crippen LogP contribution in [0, 0.1) is 0 Å². The minimum Gasteiger partial charge on any atom is -0.352 e. The first kappa shape index (κ1) is 17.7. The summed E-state index contributed by atoms with van der Waals surface area (Å²) in [5.74, 6) is -0.805. The second kappa shape index (κ2) is 7.03. The van der Waals surface area contributed by atoms with E-state index in [1.54, 1.807) is 10.9 Å². The lowest BCUT2D eigenvalue weighted by Crippen LogP contribution is -2.27. The van der Waals surface area contributed by atoms with Crippen LogP contribution in [-0.2, 0) is 19.6 Å². The van der Waals surface area contributed by atoms with Gasteiger partial charge in [-0.15, -0.1) is 0 Å². The first-order chi connectivity index (χ1) is 12.3. The summed E-state index contributed by atoms with van der Waals surface area (Å²) in [4.78, 5) is 12.1. The summed E-state index contributed by atoms with van der Waals surface area (Å²) in [7, 11) is 1.34. The molecule has 0 atom stereocenters. The van der Waals surface area contributed by atoms with Crippen LogP contribution in [0.1, 0.15) is 21.6 Å². The first-order valence-electron chi connectivity index (χ1n) is 7.82. The van der Waals surface area contributed by atoms with Gasteiger partial charge in [-0.2, -0.15) is 23.4 Å². The number of aryl methyl sites for hydroxylation is 1. The summed E-state index contributed by atoms with van der Waals surface area (Å²) in [5, 5.41) is 10.1. The fourth-order valence-corrected chi connectivity index (χ4v) is 2.49. The number of alkyl halides is 3. The molecule has 136 valence electrons. The standard InChI is InChI=1S/C17H16F3N5O/c1-24-11-14(15(23-24)17(18,19)20)16(26)21-8-7-12-9-22-25(10-12)13-5-3-2-4-6-13/h2-6,9-11H,7-8H2,1H3,(H,21,26). The zero-order valence-corrected chi connectivity index (χ0v) is 13.9. The van der Waals surface area contributed by atoms with Gasteiger partial charge in [0.2, 0.25) is 0 Å². The molecule has 6 nitrogen and oxygen atoms in total. The molecule has 0 spiro atoms. The smallest absolute Gasteiger partial charge is 0.352 e. The van der Waals surface area contributed by atoms with Crippen molar-refractivity contribution >= 4 is 5.91 Å². The van der Waals surface area contributed by atoms with E-state index in [1.807, 2.05) is 36.5 Å². The summed E-state index contributed by atoms with van der Waals surface area (Å²) in [6.07, 6.45) is 0.299. The maximum absolute atomic E-state index is 12.9. The molecule has 0 aliphatic rings. The molecular weight excluding hydrogens is 347 g/mol. The Balaban J connectivity index is 1.61. The molecule has 1 amide bonds. The lowest BCUT2D eigenvalue weighted by Gasteiger charge is -2.06. The van der Waals surface area contributed by atoms with Crippen molar-refractivity contribution in [3.05, 3.63) is 65.7 Å². The molecule has 2 heterocycles. The highest BCUT2D eigenvalue weighted by atomic mass is 19.4. The van der Waals surface area contributed by atoms with Gasteiger partial charge in [0.15, 0.2) is 5.69 Å². The van der Waals surface area contributed by atoms with E-state index in [-0.39, 0.29) is 6.54 Å². The van der Waals surface area contributed by atoms with E-state index in [4.69, 9.17) is 0 Å². The summed E-state index contributed by atoms with van der Waals surface area (Å²) in [6, 6.07) is 9.49. The molecule has 0 unspecified atom stereocenters. The summed E-state index contributed by atoms with van der Waals surface area (Å²) in [6.45, 7) is 0.186. The van der Waals surface area contributed by atoms with E-state index in [9.17, 15) is 18.0 Å². The molecule has 1 aromatic carbocycles. The highest BCUT2D eigenvalue weighted by molar-refractivity contribution is 5.95. The SMILES string of the molecule is Cn1cc(C(=O)NCCc2cnn(-c3ccccc3)c2)c(C(F)(F)F)n1. The van der Waals surface area contributed by atoms with Crippen molar-refractivity contribution in [2.45, 2.75) is 12.6 Å². The Hall–Kier alpha value is -3.10. The largest absolute Gasteiger partial charge is 0.435 e. The minimum atomic E-state index is -4.68. The highest BCUT2D eigenvalue weighted by Crippen LogP contribution is 2.30. The van der Waals surface area contributed by atoms with Crippen LogP contribution in [-0.4, -0.2) is 32.0 Å². The maximum Gasteiger partial charge on any atom is 0.435 e. The Morgan fingerprint density at radius 2 is 1.92 bits per heavy atom. The molecular formula is C17H16F3N5O. The van der Waals surface area contributed by atoms with Crippen LogP contribution in [0.15, 0.2) is 48.9 Å². The van der Waals surface area contributed by atoms with E-state index in [0.29, 0.717) is 6.42 Å². The van der Waals surface area contributed by atoms with Gasteiger partial charge in [-0.25, -0.2) is 4.68 Å². The van der Waals surface area contributed by atoms with Crippen molar-refractivity contribution in [2.24, 2.45) is 7.05 Å². The molecule has 0 aliphatic heterocycles. The van der Waals surface area contributed by atoms with Crippen molar-refractivity contribution in [3.8, 4) is 5.69 Å². The quantitative estimate of drug-likeness (QED) is 0.758. The number of rotatable bonds is 5. The lowest BCUT2D eigenvalue weighted by molar-refractivity contribution is -0.141. The van der Waals surface area contributed by atoms with Crippen LogP contribution in [0.2, 0.25) is 0 Å². The van der Waals surface area contributed by atoms with Crippen LogP contribution < -0.4 is 5.32 Å². The zero-order chi connectivity index (χ0) is 18.7. The monoisotopic (exact) mass is 363 g/mol. The third-order valence-corrected chi connectivity index (χ3v) is 3.70. The van der Waals surface area contributed by atoms with Gasteiger partial charge in [0.1, 0.15) is 0 Å². The van der Waals surface area contributed by atoms with Gasteiger partial charge in [-0.1, -0.05) is 18.2 Å². The molecule has 1 N–H and O–H groups in total. The maximum atomic E-state index is 12.9. The normalized spacial score (nSPS) is 11.5. The van der Waals surface area contributed by atoms with Gasteiger partial charge in [0.05, 0.1) is 17.4 Å². The molecule has 3 rings (SSSR count). The highest BCUT2D eigenvalue weighted by Gasteiger charge is 2.38. The number of carbonyl (C=O) groups is 1. The minimum absolute atomic E-state index is 0.186. The lowest BCUT2D eigenvalue weighted by atomic mass is 10.2. The van der Waals surface area contributed by atoms with Crippen LogP contribution in [0.25, 0.3) is 5.69 Å². The summed E-state index contributed by atoms with van der Waals surface area (Å²) >= 11 is 0. The van der Waals surface area contributed by atoms with Crippen LogP contribution in [0.4, 0.5) is 13.2 Å². The van der Waals surface area contributed by atoms with Crippen molar-refractivity contribution in [3.63, 3.8) is 0 Å². The summed E-state index contributed by atoms with van der Waals surface area (Å²) < 4.78 is 41.4.